The summed E-state index contributed by atoms with van der Waals surface area (Å²) < 4.78 is 42.3. The molecule has 0 aliphatic rings. The first-order chi connectivity index (χ1) is 11.2. The van der Waals surface area contributed by atoms with Crippen molar-refractivity contribution in [3.05, 3.63) is 35.7 Å². The van der Waals surface area contributed by atoms with Gasteiger partial charge in [0, 0.05) is 25.0 Å². The number of hydrogen-bond donors (Lipinski definition) is 2. The molecule has 3 rings (SSSR count). The lowest BCUT2D eigenvalue weighted by molar-refractivity contribution is -0.140. The van der Waals surface area contributed by atoms with Gasteiger partial charge in [-0.3, -0.25) is 9.89 Å². The summed E-state index contributed by atoms with van der Waals surface area (Å²) in [7, 11) is 1.40. The van der Waals surface area contributed by atoms with Crippen LogP contribution in [0.2, 0.25) is 0 Å². The van der Waals surface area contributed by atoms with Crippen LogP contribution in [0.25, 0.3) is 17.1 Å². The highest BCUT2D eigenvalue weighted by molar-refractivity contribution is 5.90. The summed E-state index contributed by atoms with van der Waals surface area (Å²) in [6.07, 6.45) is -0.816. The van der Waals surface area contributed by atoms with E-state index >= 15 is 0 Å². The van der Waals surface area contributed by atoms with E-state index < -0.39 is 17.8 Å². The van der Waals surface area contributed by atoms with E-state index in [1.807, 2.05) is 0 Å². The number of hydrogen-bond acceptors (Lipinski definition) is 4. The highest BCUT2D eigenvalue weighted by Gasteiger charge is 2.39. The first-order valence-corrected chi connectivity index (χ1v) is 6.69. The van der Waals surface area contributed by atoms with Crippen LogP contribution in [0.1, 0.15) is 21.9 Å². The van der Waals surface area contributed by atoms with Crippen LogP contribution < -0.4 is 5.73 Å². The van der Waals surface area contributed by atoms with Crippen LogP contribution in [-0.4, -0.2) is 35.4 Å². The van der Waals surface area contributed by atoms with E-state index in [0.29, 0.717) is 5.56 Å². The fourth-order valence-electron chi connectivity index (χ4n) is 2.34. The number of nitrogens with one attached hydrogen (secondary N) is 1. The minimum Gasteiger partial charge on any atom is -0.363 e. The van der Waals surface area contributed by atoms with Crippen molar-refractivity contribution in [1.82, 2.24) is 29.5 Å². The second-order valence-corrected chi connectivity index (χ2v) is 5.12. The van der Waals surface area contributed by atoms with Gasteiger partial charge < -0.3 is 10.3 Å². The maximum absolute atomic E-state index is 13.4. The molecule has 0 radical (unpaired) electrons. The highest BCUT2D eigenvalue weighted by Crippen LogP contribution is 2.36. The maximum atomic E-state index is 13.4. The molecule has 24 heavy (non-hydrogen) atoms. The summed E-state index contributed by atoms with van der Waals surface area (Å²) >= 11 is 0. The van der Waals surface area contributed by atoms with Gasteiger partial charge in [-0.15, -0.1) is 0 Å². The maximum Gasteiger partial charge on any atom is 0.435 e. The lowest BCUT2D eigenvalue weighted by atomic mass is 10.2. The van der Waals surface area contributed by atoms with Gasteiger partial charge >= 0.3 is 6.18 Å². The monoisotopic (exact) mass is 339 g/mol. The van der Waals surface area contributed by atoms with Gasteiger partial charge in [0.2, 0.25) is 0 Å². The van der Waals surface area contributed by atoms with E-state index in [9.17, 15) is 18.0 Å². The number of carbonyl (C=O) groups is 1. The van der Waals surface area contributed by atoms with Gasteiger partial charge in [0.1, 0.15) is 0 Å². The van der Waals surface area contributed by atoms with E-state index in [2.05, 4.69) is 20.3 Å². The van der Waals surface area contributed by atoms with E-state index in [0.717, 1.165) is 10.9 Å². The molecule has 0 aliphatic heterocycles. The Bertz CT molecular complexity index is 919. The van der Waals surface area contributed by atoms with Crippen molar-refractivity contribution in [2.45, 2.75) is 13.1 Å². The van der Waals surface area contributed by atoms with Crippen LogP contribution in [0, 0.1) is 6.92 Å². The fourth-order valence-corrected chi connectivity index (χ4v) is 2.34. The summed E-state index contributed by atoms with van der Waals surface area (Å²) in [5, 5.41) is 10.1. The van der Waals surface area contributed by atoms with Crippen molar-refractivity contribution in [3.63, 3.8) is 0 Å². The number of primary amides is 1. The number of imidazole rings is 1. The number of aromatic amines is 1. The lowest BCUT2D eigenvalue weighted by Crippen LogP contribution is -2.17. The predicted octanol–water partition coefficient (Wildman–Crippen LogP) is 1.42. The van der Waals surface area contributed by atoms with Gasteiger partial charge in [-0.25, -0.2) is 9.67 Å². The third kappa shape index (κ3) is 2.43. The number of aryl methyl sites for hydroxylation is 1. The van der Waals surface area contributed by atoms with Crippen molar-refractivity contribution in [3.8, 4) is 17.1 Å². The van der Waals surface area contributed by atoms with Crippen molar-refractivity contribution in [2.75, 3.05) is 0 Å². The van der Waals surface area contributed by atoms with Gasteiger partial charge in [0.25, 0.3) is 5.91 Å². The quantitative estimate of drug-likeness (QED) is 0.752. The molecule has 0 unspecified atom stereocenters. The van der Waals surface area contributed by atoms with Gasteiger partial charge in [-0.2, -0.15) is 23.4 Å². The summed E-state index contributed by atoms with van der Waals surface area (Å²) in [6.45, 7) is 1.68. The molecule has 0 aromatic carbocycles. The predicted molar refractivity (Wildman–Crippen MR) is 76.2 cm³/mol. The number of nitrogens with zero attached hydrogens (tertiary/aromatic N) is 5. The second-order valence-electron chi connectivity index (χ2n) is 5.12. The highest BCUT2D eigenvalue weighted by atomic mass is 19.4. The molecule has 0 aliphatic carbocycles. The van der Waals surface area contributed by atoms with Gasteiger partial charge in [0.15, 0.2) is 17.3 Å². The second kappa shape index (κ2) is 5.22. The van der Waals surface area contributed by atoms with Crippen LogP contribution >= 0.6 is 0 Å². The molecule has 0 saturated heterocycles. The van der Waals surface area contributed by atoms with Crippen LogP contribution in [0.15, 0.2) is 18.6 Å². The molecule has 0 bridgehead atoms. The van der Waals surface area contributed by atoms with Crippen molar-refractivity contribution >= 4 is 5.91 Å². The van der Waals surface area contributed by atoms with E-state index in [1.165, 1.54) is 17.8 Å². The number of rotatable bonds is 3. The molecule has 126 valence electrons. The van der Waals surface area contributed by atoms with E-state index in [4.69, 9.17) is 5.73 Å². The average molecular weight is 339 g/mol. The van der Waals surface area contributed by atoms with Gasteiger partial charge in [0.05, 0.1) is 17.5 Å². The Morgan fingerprint density at radius 3 is 2.58 bits per heavy atom. The summed E-state index contributed by atoms with van der Waals surface area (Å²) in [5.74, 6) is -0.751. The standard InChI is InChI=1S/C13H12F3N7O/c1-6-3-19-20-11(6)23-5-7(9(21-23)13(14,15)16)8-4-18-12(10(17)24)22(8)2/h3-5H,1-2H3,(H2,17,24)(H,19,20). The number of alkyl halides is 3. The Kier molecular flexibility index (Phi) is 3.43. The minimum atomic E-state index is -4.69. The summed E-state index contributed by atoms with van der Waals surface area (Å²) in [6, 6.07) is 0. The first-order valence-electron chi connectivity index (χ1n) is 6.69. The third-order valence-electron chi connectivity index (χ3n) is 3.49. The number of halogens is 3. The molecule has 3 aromatic rings. The van der Waals surface area contributed by atoms with Crippen molar-refractivity contribution in [1.29, 1.82) is 0 Å². The molecule has 3 N–H and O–H groups in total. The van der Waals surface area contributed by atoms with Crippen LogP contribution in [-0.2, 0) is 13.2 Å². The Morgan fingerprint density at radius 2 is 2.08 bits per heavy atom. The van der Waals surface area contributed by atoms with E-state index in [-0.39, 0.29) is 22.9 Å². The summed E-state index contributed by atoms with van der Waals surface area (Å²) in [5.41, 5.74) is 4.51. The summed E-state index contributed by atoms with van der Waals surface area (Å²) in [4.78, 5) is 15.0. The first kappa shape index (κ1) is 15.8. The molecular weight excluding hydrogens is 327 g/mol. The Morgan fingerprint density at radius 1 is 1.38 bits per heavy atom. The third-order valence-corrected chi connectivity index (χ3v) is 3.49. The molecule has 11 heteroatoms. The zero-order valence-corrected chi connectivity index (χ0v) is 12.6. The van der Waals surface area contributed by atoms with Gasteiger partial charge in [-0.1, -0.05) is 0 Å². The Labute approximate surface area is 133 Å². The zero-order valence-electron chi connectivity index (χ0n) is 12.6. The number of carbonyl (C=O) groups excluding carboxylic acids is 1. The minimum absolute atomic E-state index is 0.0653. The molecule has 1 amide bonds. The molecular formula is C13H12F3N7O. The largest absolute Gasteiger partial charge is 0.435 e. The molecule has 3 heterocycles. The topological polar surface area (TPSA) is 107 Å². The van der Waals surface area contributed by atoms with E-state index in [1.54, 1.807) is 13.1 Å². The normalized spacial score (nSPS) is 11.9. The zero-order chi connectivity index (χ0) is 17.6. The molecule has 0 atom stereocenters. The number of aromatic nitrogens is 6. The molecule has 0 spiro atoms. The molecule has 8 nitrogen and oxygen atoms in total. The molecule has 3 aromatic heterocycles. The number of H-pyrrole nitrogens is 1. The van der Waals surface area contributed by atoms with Crippen LogP contribution in [0.4, 0.5) is 13.2 Å². The molecule has 0 saturated carbocycles. The van der Waals surface area contributed by atoms with Crippen LogP contribution in [0.5, 0.6) is 0 Å². The van der Waals surface area contributed by atoms with Gasteiger partial charge in [-0.05, 0) is 6.92 Å². The molecule has 0 fully saturated rings. The van der Waals surface area contributed by atoms with Crippen molar-refractivity contribution < 1.29 is 18.0 Å². The average Bonchev–Trinajstić information content (AvgIpc) is 3.14. The smallest absolute Gasteiger partial charge is 0.363 e. The number of nitrogens with two attached hydrogens (primary N) is 1. The SMILES string of the molecule is Cc1c[nH]nc1-n1cc(-c2cnc(C(N)=O)n2C)c(C(F)(F)F)n1. The van der Waals surface area contributed by atoms with Crippen molar-refractivity contribution in [2.24, 2.45) is 12.8 Å². The fraction of sp³-hybridized carbons (Fsp3) is 0.231. The van der Waals surface area contributed by atoms with Crippen LogP contribution in [0.3, 0.4) is 0 Å². The lowest BCUT2D eigenvalue weighted by Gasteiger charge is -2.07. The Balaban J connectivity index is 2.22. The number of amides is 1. The Hall–Kier alpha value is -3.11.